The highest BCUT2D eigenvalue weighted by Crippen LogP contribution is 2.86. The molecule has 156 valence electrons. The predicted octanol–water partition coefficient (Wildman–Crippen LogP) is 0.951. The number of carbonyl (C=O) groups is 3. The molecule has 0 radical (unpaired) electrons. The minimum atomic E-state index is -0.957. The summed E-state index contributed by atoms with van der Waals surface area (Å²) in [7, 11) is 0. The Kier molecular flexibility index (Phi) is 4.72. The molecule has 1 heterocycles. The summed E-state index contributed by atoms with van der Waals surface area (Å²) in [5.74, 6) is -0.111. The largest absolute Gasteiger partial charge is 0.388 e. The minimum Gasteiger partial charge on any atom is -0.388 e. The molecule has 1 unspecified atom stereocenters. The summed E-state index contributed by atoms with van der Waals surface area (Å²) in [4.78, 5) is 38.0. The molecule has 0 aromatic rings. The maximum atomic E-state index is 12.6. The van der Waals surface area contributed by atoms with Gasteiger partial charge in [-0.05, 0) is 62.2 Å². The van der Waals surface area contributed by atoms with Crippen LogP contribution >= 0.6 is 0 Å². The van der Waals surface area contributed by atoms with Crippen molar-refractivity contribution in [2.45, 2.75) is 76.9 Å². The Balaban J connectivity index is 1.20. The molecule has 1 saturated heterocycles. The topological polar surface area (TPSA) is 98.7 Å². The van der Waals surface area contributed by atoms with Crippen LogP contribution in [0.3, 0.4) is 0 Å². The van der Waals surface area contributed by atoms with Gasteiger partial charge in [0, 0.05) is 32.5 Å². The first-order valence-electron chi connectivity index (χ1n) is 10.8. The van der Waals surface area contributed by atoms with Crippen molar-refractivity contribution in [2.24, 2.45) is 16.7 Å². The van der Waals surface area contributed by atoms with Crippen molar-refractivity contribution in [2.75, 3.05) is 19.6 Å². The number of carbonyl (C=O) groups excluding carboxylic acids is 3. The Labute approximate surface area is 166 Å². The summed E-state index contributed by atoms with van der Waals surface area (Å²) in [5.41, 5.74) is 0.178. The Morgan fingerprint density at radius 3 is 2.25 bits per heavy atom. The number of hydrogen-bond donors (Lipinski definition) is 3. The maximum absolute atomic E-state index is 12.6. The van der Waals surface area contributed by atoms with Gasteiger partial charge in [0.2, 0.25) is 17.7 Å². The average molecular weight is 392 g/mol. The molecule has 2 spiro atoms. The van der Waals surface area contributed by atoms with Crippen LogP contribution in [0.2, 0.25) is 0 Å². The maximum Gasteiger partial charge on any atom is 0.245 e. The third-order valence-electron chi connectivity index (χ3n) is 7.86. The van der Waals surface area contributed by atoms with Crippen LogP contribution < -0.4 is 10.6 Å². The van der Waals surface area contributed by atoms with E-state index in [2.05, 4.69) is 10.6 Å². The molecule has 1 atom stereocenters. The lowest BCUT2D eigenvalue weighted by atomic mass is 9.69. The summed E-state index contributed by atoms with van der Waals surface area (Å²) in [6.07, 6.45) is 7.52. The average Bonchev–Trinajstić information content (AvgIpc) is 3.54. The van der Waals surface area contributed by atoms with E-state index in [9.17, 15) is 19.5 Å². The molecule has 1 aliphatic heterocycles. The molecule has 7 heteroatoms. The number of nitrogens with zero attached hydrogens (tertiary/aromatic N) is 1. The van der Waals surface area contributed by atoms with Gasteiger partial charge in [0.15, 0.2) is 0 Å². The van der Waals surface area contributed by atoms with Gasteiger partial charge in [-0.3, -0.25) is 14.4 Å². The third-order valence-corrected chi connectivity index (χ3v) is 7.86. The molecule has 0 aromatic heterocycles. The normalized spacial score (nSPS) is 32.4. The van der Waals surface area contributed by atoms with E-state index in [1.54, 1.807) is 4.90 Å². The number of aliphatic hydroxyl groups is 1. The predicted molar refractivity (Wildman–Crippen MR) is 103 cm³/mol. The lowest BCUT2D eigenvalue weighted by Gasteiger charge is -2.40. The van der Waals surface area contributed by atoms with Crippen LogP contribution in [0.15, 0.2) is 0 Å². The van der Waals surface area contributed by atoms with Crippen LogP contribution in [0.4, 0.5) is 0 Å². The molecular weight excluding hydrogens is 358 g/mol. The fourth-order valence-electron chi connectivity index (χ4n) is 5.63. The van der Waals surface area contributed by atoms with E-state index in [0.717, 1.165) is 12.8 Å². The number of hydrogen-bond acceptors (Lipinski definition) is 4. The monoisotopic (exact) mass is 391 g/mol. The van der Waals surface area contributed by atoms with E-state index in [1.807, 2.05) is 6.92 Å². The van der Waals surface area contributed by atoms with Crippen molar-refractivity contribution >= 4 is 17.7 Å². The van der Waals surface area contributed by atoms with Gasteiger partial charge in [0.25, 0.3) is 0 Å². The number of amides is 3. The van der Waals surface area contributed by atoms with Crippen LogP contribution in [0.25, 0.3) is 0 Å². The Morgan fingerprint density at radius 1 is 1.11 bits per heavy atom. The molecule has 4 aliphatic rings. The van der Waals surface area contributed by atoms with Gasteiger partial charge in [0.1, 0.15) is 6.04 Å². The van der Waals surface area contributed by atoms with Gasteiger partial charge in [0.05, 0.1) is 5.60 Å². The Morgan fingerprint density at radius 2 is 1.75 bits per heavy atom. The first-order chi connectivity index (χ1) is 13.2. The van der Waals surface area contributed by atoms with Gasteiger partial charge in [-0.2, -0.15) is 0 Å². The second-order valence-corrected chi connectivity index (χ2v) is 9.77. The van der Waals surface area contributed by atoms with Crippen LogP contribution in [-0.4, -0.2) is 59.0 Å². The zero-order chi connectivity index (χ0) is 20.2. The van der Waals surface area contributed by atoms with Crippen molar-refractivity contribution < 1.29 is 19.5 Å². The van der Waals surface area contributed by atoms with Gasteiger partial charge in [-0.1, -0.05) is 6.92 Å². The van der Waals surface area contributed by atoms with Gasteiger partial charge >= 0.3 is 0 Å². The number of fused-ring (bicyclic) bond motifs is 1. The lowest BCUT2D eigenvalue weighted by molar-refractivity contribution is -0.140. The van der Waals surface area contributed by atoms with Gasteiger partial charge in [-0.15, -0.1) is 0 Å². The summed E-state index contributed by atoms with van der Waals surface area (Å²) < 4.78 is 0. The van der Waals surface area contributed by atoms with Gasteiger partial charge < -0.3 is 20.6 Å². The molecule has 0 aromatic carbocycles. The Hall–Kier alpha value is -1.63. The quantitative estimate of drug-likeness (QED) is 0.628. The second kappa shape index (κ2) is 6.71. The molecule has 28 heavy (non-hydrogen) atoms. The number of piperidine rings is 1. The zero-order valence-electron chi connectivity index (χ0n) is 17.1. The van der Waals surface area contributed by atoms with E-state index in [-0.39, 0.29) is 30.2 Å². The molecule has 3 aliphatic carbocycles. The lowest BCUT2D eigenvalue weighted by Crippen LogP contribution is -2.56. The summed E-state index contributed by atoms with van der Waals surface area (Å²) in [6, 6.07) is -0.508. The highest BCUT2D eigenvalue weighted by Gasteiger charge is 2.77. The standard InChI is InChI=1S/C21H33N3O4/c1-3-16(23-14(2)25)18(27)24-8-6-21(28,7-9-24)13-22-17(26)15-10-20(11-15)12-19(20)4-5-19/h15-16,28H,3-13H2,1-2H3,(H,22,26)(H,23,25). The number of rotatable bonds is 6. The molecular formula is C21H33N3O4. The second-order valence-electron chi connectivity index (χ2n) is 9.77. The van der Waals surface area contributed by atoms with E-state index in [0.29, 0.717) is 43.2 Å². The van der Waals surface area contributed by atoms with Gasteiger partial charge in [-0.25, -0.2) is 0 Å². The highest BCUT2D eigenvalue weighted by atomic mass is 16.3. The van der Waals surface area contributed by atoms with E-state index in [4.69, 9.17) is 0 Å². The molecule has 3 amide bonds. The van der Waals surface area contributed by atoms with Crippen molar-refractivity contribution in [3.05, 3.63) is 0 Å². The van der Waals surface area contributed by atoms with E-state index < -0.39 is 11.6 Å². The fraction of sp³-hybridized carbons (Fsp3) is 0.857. The fourth-order valence-corrected chi connectivity index (χ4v) is 5.63. The summed E-state index contributed by atoms with van der Waals surface area (Å²) >= 11 is 0. The van der Waals surface area contributed by atoms with Crippen molar-refractivity contribution in [1.82, 2.24) is 15.5 Å². The summed E-state index contributed by atoms with van der Waals surface area (Å²) in [6.45, 7) is 4.41. The molecule has 3 saturated carbocycles. The Bertz CT molecular complexity index is 673. The zero-order valence-corrected chi connectivity index (χ0v) is 17.1. The van der Waals surface area contributed by atoms with Crippen molar-refractivity contribution in [1.29, 1.82) is 0 Å². The summed E-state index contributed by atoms with van der Waals surface area (Å²) in [5, 5.41) is 16.5. The van der Waals surface area contributed by atoms with Crippen LogP contribution in [-0.2, 0) is 14.4 Å². The first-order valence-corrected chi connectivity index (χ1v) is 10.8. The van der Waals surface area contributed by atoms with Crippen LogP contribution in [0, 0.1) is 16.7 Å². The minimum absolute atomic E-state index is 0.0805. The van der Waals surface area contributed by atoms with Crippen molar-refractivity contribution in [3.63, 3.8) is 0 Å². The smallest absolute Gasteiger partial charge is 0.245 e. The highest BCUT2D eigenvalue weighted by molar-refractivity contribution is 5.87. The molecule has 3 N–H and O–H groups in total. The van der Waals surface area contributed by atoms with E-state index in [1.165, 1.54) is 26.2 Å². The number of likely N-dealkylation sites (tertiary alicyclic amines) is 1. The van der Waals surface area contributed by atoms with Crippen molar-refractivity contribution in [3.8, 4) is 0 Å². The molecule has 7 nitrogen and oxygen atoms in total. The SMILES string of the molecule is CCC(NC(C)=O)C(=O)N1CCC(O)(CNC(=O)C2CC3(C2)CC32CC2)CC1. The van der Waals surface area contributed by atoms with Crippen LogP contribution in [0.1, 0.15) is 65.2 Å². The molecule has 4 rings (SSSR count). The number of nitrogens with one attached hydrogen (secondary N) is 2. The molecule has 0 bridgehead atoms. The molecule has 4 fully saturated rings. The van der Waals surface area contributed by atoms with E-state index >= 15 is 0 Å². The third kappa shape index (κ3) is 3.42. The van der Waals surface area contributed by atoms with Crippen LogP contribution in [0.5, 0.6) is 0 Å². The first kappa shape index (κ1) is 19.7.